The molecule has 0 aliphatic heterocycles. The first kappa shape index (κ1) is 24.8. The Morgan fingerprint density at radius 2 is 1.74 bits per heavy atom. The first-order valence-corrected chi connectivity index (χ1v) is 11.4. The van der Waals surface area contributed by atoms with E-state index in [1.807, 2.05) is 0 Å². The highest BCUT2D eigenvalue weighted by molar-refractivity contribution is 7.89. The van der Waals surface area contributed by atoms with Gasteiger partial charge in [-0.05, 0) is 44.2 Å². The molecule has 0 saturated carbocycles. The first-order valence-electron chi connectivity index (χ1n) is 9.60. The van der Waals surface area contributed by atoms with Crippen LogP contribution < -0.4 is 5.32 Å². The highest BCUT2D eigenvalue weighted by Crippen LogP contribution is 2.19. The third-order valence-electron chi connectivity index (χ3n) is 4.70. The summed E-state index contributed by atoms with van der Waals surface area (Å²) < 4.78 is 40.6. The van der Waals surface area contributed by atoms with Crippen molar-refractivity contribution >= 4 is 33.4 Å². The lowest BCUT2D eigenvalue weighted by Crippen LogP contribution is -2.50. The molecule has 2 aromatic carbocycles. The summed E-state index contributed by atoms with van der Waals surface area (Å²) in [5.74, 6) is -1.58. The number of carbonyl (C=O) groups excluding carboxylic acids is 2. The van der Waals surface area contributed by atoms with Gasteiger partial charge in [-0.15, -0.1) is 0 Å². The van der Waals surface area contributed by atoms with Crippen LogP contribution >= 0.6 is 11.6 Å². The van der Waals surface area contributed by atoms with E-state index in [4.69, 9.17) is 11.6 Å². The van der Waals surface area contributed by atoms with Crippen molar-refractivity contribution in [1.29, 1.82) is 0 Å². The minimum absolute atomic E-state index is 0.0235. The number of likely N-dealkylation sites (N-methyl/N-ethyl adjacent to an activating group) is 2. The Morgan fingerprint density at radius 1 is 1.13 bits per heavy atom. The van der Waals surface area contributed by atoms with Gasteiger partial charge in [-0.2, -0.15) is 4.31 Å². The van der Waals surface area contributed by atoms with Crippen molar-refractivity contribution in [3.05, 3.63) is 64.9 Å². The maximum Gasteiger partial charge on any atom is 0.243 e. The van der Waals surface area contributed by atoms with Crippen LogP contribution in [0.15, 0.2) is 53.4 Å². The van der Waals surface area contributed by atoms with Crippen LogP contribution in [0.4, 0.5) is 4.39 Å². The van der Waals surface area contributed by atoms with Crippen molar-refractivity contribution in [2.75, 3.05) is 20.1 Å². The van der Waals surface area contributed by atoms with Gasteiger partial charge in [0.25, 0.3) is 0 Å². The Kier molecular flexibility index (Phi) is 8.55. The number of halogens is 2. The first-order chi connectivity index (χ1) is 14.6. The molecule has 7 nitrogen and oxygen atoms in total. The van der Waals surface area contributed by atoms with Gasteiger partial charge < -0.3 is 10.2 Å². The van der Waals surface area contributed by atoms with E-state index in [9.17, 15) is 22.4 Å². The molecule has 1 unspecified atom stereocenters. The second-order valence-corrected chi connectivity index (χ2v) is 9.38. The Labute approximate surface area is 186 Å². The van der Waals surface area contributed by atoms with Crippen LogP contribution in [-0.4, -0.2) is 55.6 Å². The van der Waals surface area contributed by atoms with Crippen molar-refractivity contribution in [1.82, 2.24) is 14.5 Å². The highest BCUT2D eigenvalue weighted by atomic mass is 35.5. The summed E-state index contributed by atoms with van der Waals surface area (Å²) in [7, 11) is -2.71. The molecule has 10 heteroatoms. The number of benzene rings is 2. The van der Waals surface area contributed by atoms with Gasteiger partial charge >= 0.3 is 0 Å². The van der Waals surface area contributed by atoms with Crippen LogP contribution in [-0.2, 0) is 26.2 Å². The summed E-state index contributed by atoms with van der Waals surface area (Å²) >= 11 is 5.81. The lowest BCUT2D eigenvalue weighted by Gasteiger charge is -2.30. The molecule has 1 atom stereocenters. The molecule has 0 saturated heterocycles. The summed E-state index contributed by atoms with van der Waals surface area (Å²) in [5.41, 5.74) is 0.218. The average molecular weight is 470 g/mol. The number of amides is 2. The minimum atomic E-state index is -3.97. The van der Waals surface area contributed by atoms with Crippen LogP contribution in [0, 0.1) is 5.82 Å². The maximum absolute atomic E-state index is 14.2. The van der Waals surface area contributed by atoms with Gasteiger partial charge in [-0.3, -0.25) is 9.59 Å². The third-order valence-corrected chi connectivity index (χ3v) is 6.77. The molecule has 0 heterocycles. The lowest BCUT2D eigenvalue weighted by molar-refractivity contribution is -0.140. The topological polar surface area (TPSA) is 86.8 Å². The average Bonchev–Trinajstić information content (AvgIpc) is 2.73. The molecule has 1 N–H and O–H groups in total. The molecular formula is C21H25ClFN3O4S. The smallest absolute Gasteiger partial charge is 0.243 e. The minimum Gasteiger partial charge on any atom is -0.355 e. The normalized spacial score (nSPS) is 12.5. The number of nitrogens with zero attached hydrogens (tertiary/aromatic N) is 2. The van der Waals surface area contributed by atoms with E-state index in [-0.39, 0.29) is 17.0 Å². The third kappa shape index (κ3) is 6.25. The van der Waals surface area contributed by atoms with E-state index >= 15 is 0 Å². The van der Waals surface area contributed by atoms with E-state index in [1.54, 1.807) is 13.0 Å². The summed E-state index contributed by atoms with van der Waals surface area (Å²) in [6.07, 6.45) is 0. The fourth-order valence-electron chi connectivity index (χ4n) is 2.87. The fourth-order valence-corrected chi connectivity index (χ4v) is 4.11. The van der Waals surface area contributed by atoms with Gasteiger partial charge in [0.1, 0.15) is 11.9 Å². The lowest BCUT2D eigenvalue weighted by atomic mass is 10.1. The number of hydrogen-bond donors (Lipinski definition) is 1. The Hall–Kier alpha value is -2.49. The molecule has 2 rings (SSSR count). The van der Waals surface area contributed by atoms with Crippen molar-refractivity contribution in [3.63, 3.8) is 0 Å². The fraction of sp³-hybridized carbons (Fsp3) is 0.333. The monoisotopic (exact) mass is 469 g/mol. The van der Waals surface area contributed by atoms with E-state index < -0.39 is 40.2 Å². The highest BCUT2D eigenvalue weighted by Gasteiger charge is 2.30. The largest absolute Gasteiger partial charge is 0.355 e. The maximum atomic E-state index is 14.2. The number of hydrogen-bond acceptors (Lipinski definition) is 4. The second-order valence-electron chi connectivity index (χ2n) is 6.90. The van der Waals surface area contributed by atoms with Gasteiger partial charge in [-0.1, -0.05) is 29.8 Å². The number of rotatable bonds is 9. The van der Waals surface area contributed by atoms with Crippen LogP contribution in [0.5, 0.6) is 0 Å². The van der Waals surface area contributed by atoms with Gasteiger partial charge in [0.05, 0.1) is 11.4 Å². The van der Waals surface area contributed by atoms with Crippen molar-refractivity contribution in [2.45, 2.75) is 31.3 Å². The molecule has 0 aliphatic rings. The Balaban J connectivity index is 2.28. The van der Waals surface area contributed by atoms with Gasteiger partial charge in [0.15, 0.2) is 0 Å². The predicted molar refractivity (Wildman–Crippen MR) is 116 cm³/mol. The predicted octanol–water partition coefficient (Wildman–Crippen LogP) is 2.65. The van der Waals surface area contributed by atoms with Crippen molar-refractivity contribution in [3.8, 4) is 0 Å². The standard InChI is InChI=1S/C21H25ClFN3O4S/c1-4-24-21(28)15(2)26(13-16-7-5-6-8-19(16)23)20(27)14-25(3)31(29,30)18-11-9-17(22)10-12-18/h5-12,15H,4,13-14H2,1-3H3,(H,24,28). The number of nitrogens with one attached hydrogen (secondary N) is 1. The molecule has 168 valence electrons. The molecule has 2 aromatic rings. The van der Waals surface area contributed by atoms with Crippen molar-refractivity contribution < 1.29 is 22.4 Å². The molecule has 2 amide bonds. The van der Waals surface area contributed by atoms with Gasteiger partial charge in [0.2, 0.25) is 21.8 Å². The van der Waals surface area contributed by atoms with Gasteiger partial charge in [-0.25, -0.2) is 12.8 Å². The van der Waals surface area contributed by atoms with Crippen LogP contribution in [0.3, 0.4) is 0 Å². The number of sulfonamides is 1. The van der Waals surface area contributed by atoms with E-state index in [0.717, 1.165) is 9.21 Å². The zero-order valence-corrected chi connectivity index (χ0v) is 19.1. The van der Waals surface area contributed by atoms with Crippen LogP contribution in [0.25, 0.3) is 0 Å². The molecule has 0 fully saturated rings. The van der Waals surface area contributed by atoms with E-state index in [0.29, 0.717) is 11.6 Å². The Bertz CT molecular complexity index is 1030. The van der Waals surface area contributed by atoms with Crippen LogP contribution in [0.2, 0.25) is 5.02 Å². The molecule has 0 aliphatic carbocycles. The molecule has 0 bridgehead atoms. The van der Waals surface area contributed by atoms with Crippen LogP contribution in [0.1, 0.15) is 19.4 Å². The molecule has 31 heavy (non-hydrogen) atoms. The summed E-state index contributed by atoms with van der Waals surface area (Å²) in [5, 5.41) is 3.00. The van der Waals surface area contributed by atoms with Gasteiger partial charge in [0, 0.05) is 30.7 Å². The molecule has 0 radical (unpaired) electrons. The zero-order valence-electron chi connectivity index (χ0n) is 17.5. The van der Waals surface area contributed by atoms with E-state index in [1.165, 1.54) is 56.4 Å². The molecule has 0 spiro atoms. The summed E-state index contributed by atoms with van der Waals surface area (Å²) in [6.45, 7) is 2.90. The SMILES string of the molecule is CCNC(=O)C(C)N(Cc1ccccc1F)C(=O)CN(C)S(=O)(=O)c1ccc(Cl)cc1. The molecule has 0 aromatic heterocycles. The second kappa shape index (κ2) is 10.7. The summed E-state index contributed by atoms with van der Waals surface area (Å²) in [4.78, 5) is 26.5. The number of carbonyl (C=O) groups is 2. The molecular weight excluding hydrogens is 445 g/mol. The Morgan fingerprint density at radius 3 is 2.32 bits per heavy atom. The van der Waals surface area contributed by atoms with Crippen molar-refractivity contribution in [2.24, 2.45) is 0 Å². The quantitative estimate of drug-likeness (QED) is 0.611. The summed E-state index contributed by atoms with van der Waals surface area (Å²) in [6, 6.07) is 10.5. The van der Waals surface area contributed by atoms with E-state index in [2.05, 4.69) is 5.32 Å². The zero-order chi connectivity index (χ0) is 23.2.